The van der Waals surface area contributed by atoms with Crippen LogP contribution in [0.3, 0.4) is 0 Å². The molecule has 16 nitrogen and oxygen atoms in total. The number of benzene rings is 4. The zero-order valence-electron chi connectivity index (χ0n) is 40.3. The van der Waals surface area contributed by atoms with Gasteiger partial charge in [-0.3, -0.25) is 28.9 Å². The zero-order valence-corrected chi connectivity index (χ0v) is 41.3. The van der Waals surface area contributed by atoms with Crippen molar-refractivity contribution in [3.05, 3.63) is 126 Å². The minimum atomic E-state index is -3.02. The average Bonchev–Trinajstić information content (AvgIpc) is 4.15. The molecule has 4 atom stereocenters. The number of hydrogen-bond donors (Lipinski definition) is 4. The van der Waals surface area contributed by atoms with E-state index in [-0.39, 0.29) is 36.4 Å². The van der Waals surface area contributed by atoms with Gasteiger partial charge in [-0.25, -0.2) is 0 Å². The molecule has 0 bridgehead atoms. The molecule has 0 aliphatic carbocycles. The minimum absolute atomic E-state index is 0.0309. The number of amides is 3. The van der Waals surface area contributed by atoms with Crippen LogP contribution in [-0.4, -0.2) is 114 Å². The lowest BCUT2D eigenvalue weighted by atomic mass is 9.82. The molecule has 366 valence electrons. The number of aryl methyl sites for hydroxylation is 1. The number of nitrogens with zero attached hydrogens (tertiary/aromatic N) is 8. The molecule has 5 aromatic rings. The summed E-state index contributed by atoms with van der Waals surface area (Å²) in [6.07, 6.45) is 4.96. The fourth-order valence-electron chi connectivity index (χ4n) is 12.9. The Morgan fingerprint density at radius 2 is 1.29 bits per heavy atom. The summed E-state index contributed by atoms with van der Waals surface area (Å²) in [5, 5.41) is 24.9. The van der Waals surface area contributed by atoms with Crippen molar-refractivity contribution < 1.29 is 29.0 Å². The van der Waals surface area contributed by atoms with E-state index in [0.717, 1.165) is 61.6 Å². The van der Waals surface area contributed by atoms with Crippen LogP contribution >= 0.6 is 0 Å². The number of aliphatic hydroxyl groups excluding tert-OH is 1. The Hall–Kier alpha value is -5.95. The molecule has 11 rings (SSSR count). The highest BCUT2D eigenvalue weighted by atomic mass is 28.4. The Bertz CT molecular complexity index is 2740. The van der Waals surface area contributed by atoms with E-state index in [4.69, 9.17) is 4.74 Å². The number of para-hydroxylation sites is 2. The molecule has 0 saturated carbocycles. The SMILES string of the molecule is C[C@@H]1[C@@H]([Si](C)(C)O)[C@H](CCn2cc(CCO)nn2)O[C@@]12C(=O)N(Cc1ccc(N3CN(c4ccccc4)C4(CCNCC4)C3=O)cc1)c1ccc(N3CN(c4ccccc4)C4(CCNCC4)C3=O)cc12. The summed E-state index contributed by atoms with van der Waals surface area (Å²) in [5.74, 6) is -0.498. The predicted molar refractivity (Wildman–Crippen MR) is 271 cm³/mol. The van der Waals surface area contributed by atoms with Crippen molar-refractivity contribution in [1.29, 1.82) is 0 Å². The highest BCUT2D eigenvalue weighted by Crippen LogP contribution is 2.60. The fourth-order valence-corrected chi connectivity index (χ4v) is 15.5. The highest BCUT2D eigenvalue weighted by molar-refractivity contribution is 6.71. The Kier molecular flexibility index (Phi) is 12.0. The molecule has 17 heteroatoms. The normalized spacial score (nSPS) is 25.1. The number of carbonyl (C=O) groups is 3. The molecule has 5 saturated heterocycles. The number of rotatable bonds is 12. The molecule has 4 N–H and O–H groups in total. The summed E-state index contributed by atoms with van der Waals surface area (Å²) >= 11 is 0. The van der Waals surface area contributed by atoms with Gasteiger partial charge in [-0.05, 0) is 132 Å². The van der Waals surface area contributed by atoms with Crippen molar-refractivity contribution in [1.82, 2.24) is 25.6 Å². The van der Waals surface area contributed by atoms with Crippen LogP contribution in [0.4, 0.5) is 28.4 Å². The summed E-state index contributed by atoms with van der Waals surface area (Å²) in [4.78, 5) is 67.4. The quantitative estimate of drug-likeness (QED) is 0.122. The minimum Gasteiger partial charge on any atom is -0.432 e. The van der Waals surface area contributed by atoms with Gasteiger partial charge < -0.3 is 40.0 Å². The molecule has 4 aromatic carbocycles. The van der Waals surface area contributed by atoms with Gasteiger partial charge >= 0.3 is 0 Å². The van der Waals surface area contributed by atoms with Crippen molar-refractivity contribution in [2.24, 2.45) is 5.92 Å². The number of hydrogen-bond acceptors (Lipinski definition) is 12. The second-order valence-corrected chi connectivity index (χ2v) is 24.7. The van der Waals surface area contributed by atoms with Crippen LogP contribution in [0.2, 0.25) is 18.6 Å². The third kappa shape index (κ3) is 7.55. The lowest BCUT2D eigenvalue weighted by Gasteiger charge is -2.39. The van der Waals surface area contributed by atoms with Crippen molar-refractivity contribution in [3.63, 3.8) is 0 Å². The number of anilines is 5. The second kappa shape index (κ2) is 18.0. The van der Waals surface area contributed by atoms with Gasteiger partial charge in [0, 0.05) is 65.5 Å². The molecular formula is C53H64N10O6Si. The predicted octanol–water partition coefficient (Wildman–Crippen LogP) is 5.11. The van der Waals surface area contributed by atoms with Gasteiger partial charge in [0.2, 0.25) is 0 Å². The Labute approximate surface area is 410 Å². The summed E-state index contributed by atoms with van der Waals surface area (Å²) in [5.41, 5.74) is 3.34. The summed E-state index contributed by atoms with van der Waals surface area (Å²) in [6, 6.07) is 34.2. The third-order valence-electron chi connectivity index (χ3n) is 16.3. The van der Waals surface area contributed by atoms with Crippen LogP contribution in [0.25, 0.3) is 0 Å². The van der Waals surface area contributed by atoms with E-state index in [9.17, 15) is 19.5 Å². The Morgan fingerprint density at radius 3 is 1.84 bits per heavy atom. The molecule has 5 fully saturated rings. The van der Waals surface area contributed by atoms with Crippen LogP contribution in [0, 0.1) is 5.92 Å². The van der Waals surface area contributed by atoms with Crippen LogP contribution in [-0.2, 0) is 44.2 Å². The number of ether oxygens (including phenoxy) is 1. The van der Waals surface area contributed by atoms with Gasteiger partial charge in [0.05, 0.1) is 37.4 Å². The van der Waals surface area contributed by atoms with E-state index >= 15 is 4.79 Å². The first-order valence-corrected chi connectivity index (χ1v) is 28.1. The summed E-state index contributed by atoms with van der Waals surface area (Å²) in [7, 11) is -3.02. The summed E-state index contributed by atoms with van der Waals surface area (Å²) < 4.78 is 9.03. The third-order valence-corrected chi connectivity index (χ3v) is 18.9. The topological polar surface area (TPSA) is 172 Å². The molecule has 6 aliphatic rings. The maximum Gasteiger partial charge on any atom is 0.264 e. The van der Waals surface area contributed by atoms with Crippen molar-refractivity contribution >= 4 is 54.5 Å². The monoisotopic (exact) mass is 964 g/mol. The number of aliphatic hydroxyl groups is 1. The lowest BCUT2D eigenvalue weighted by Crippen LogP contribution is -2.55. The largest absolute Gasteiger partial charge is 0.432 e. The van der Waals surface area contributed by atoms with E-state index < -0.39 is 37.0 Å². The maximum absolute atomic E-state index is 15.7. The van der Waals surface area contributed by atoms with Crippen LogP contribution in [0.5, 0.6) is 0 Å². The molecule has 1 aromatic heterocycles. The number of piperidine rings is 2. The van der Waals surface area contributed by atoms with Crippen LogP contribution < -0.4 is 35.1 Å². The van der Waals surface area contributed by atoms with E-state index in [1.807, 2.05) is 120 Å². The summed E-state index contributed by atoms with van der Waals surface area (Å²) in [6.45, 7) is 10.3. The molecule has 6 aliphatic heterocycles. The molecule has 0 unspecified atom stereocenters. The molecule has 7 heterocycles. The number of aromatic nitrogens is 3. The highest BCUT2D eigenvalue weighted by Gasteiger charge is 2.66. The number of carbonyl (C=O) groups excluding carboxylic acids is 3. The van der Waals surface area contributed by atoms with Gasteiger partial charge in [0.25, 0.3) is 17.7 Å². The van der Waals surface area contributed by atoms with E-state index in [0.29, 0.717) is 68.2 Å². The first-order valence-electron chi connectivity index (χ1n) is 25.0. The molecule has 3 amide bonds. The standard InChI is InChI=1S/C53H64N10O6Si/c1-37-47(70(2,3)68)46(20-30-58-34-39(21-31-64)56-57-58)69-53(37)44-32-43(61-36-63(42-12-8-5-9-13-42)52(49(61)66)24-28-55-29-25-52)18-19-45(44)59(50(53)67)33-38-14-16-40(17-15-38)60-35-62(41-10-6-4-7-11-41)51(48(60)65)22-26-54-27-23-51/h4-19,32,34,37,46-47,54-55,64,68H,20-31,33,35-36H2,1-3H3/t37-,46+,47-,53+/m1/s1. The maximum atomic E-state index is 15.7. The van der Waals surface area contributed by atoms with Gasteiger partial charge in [0.1, 0.15) is 11.1 Å². The molecule has 70 heavy (non-hydrogen) atoms. The molecule has 0 radical (unpaired) electrons. The van der Waals surface area contributed by atoms with Crippen LogP contribution in [0.1, 0.15) is 55.8 Å². The average molecular weight is 965 g/mol. The first kappa shape index (κ1) is 46.4. The first-order chi connectivity index (χ1) is 33.9. The van der Waals surface area contributed by atoms with Gasteiger partial charge in [0.15, 0.2) is 13.9 Å². The Morgan fingerprint density at radius 1 is 0.729 bits per heavy atom. The number of nitrogens with one attached hydrogen (secondary N) is 2. The van der Waals surface area contributed by atoms with Crippen molar-refractivity contribution in [2.75, 3.05) is 70.6 Å². The van der Waals surface area contributed by atoms with Gasteiger partial charge in [-0.1, -0.05) is 60.7 Å². The number of fused-ring (bicyclic) bond motifs is 2. The molecule has 3 spiro atoms. The zero-order chi connectivity index (χ0) is 48.4. The van der Waals surface area contributed by atoms with E-state index in [1.54, 1.807) is 4.68 Å². The van der Waals surface area contributed by atoms with E-state index in [2.05, 4.69) is 55.0 Å². The van der Waals surface area contributed by atoms with Crippen molar-refractivity contribution in [2.45, 2.75) is 100.0 Å². The lowest BCUT2D eigenvalue weighted by molar-refractivity contribution is -0.146. The van der Waals surface area contributed by atoms with Crippen molar-refractivity contribution in [3.8, 4) is 0 Å². The second-order valence-electron chi connectivity index (χ2n) is 20.7. The molecular weight excluding hydrogens is 901 g/mol. The fraction of sp³-hybridized carbons (Fsp3) is 0.453. The van der Waals surface area contributed by atoms with Gasteiger partial charge in [-0.2, -0.15) is 0 Å². The van der Waals surface area contributed by atoms with Crippen LogP contribution in [0.15, 0.2) is 109 Å². The van der Waals surface area contributed by atoms with E-state index in [1.165, 1.54) is 0 Å². The smallest absolute Gasteiger partial charge is 0.264 e. The Balaban J connectivity index is 0.944. The van der Waals surface area contributed by atoms with Gasteiger partial charge in [-0.15, -0.1) is 5.10 Å².